The fourth-order valence-corrected chi connectivity index (χ4v) is 4.69. The van der Waals surface area contributed by atoms with Crippen molar-refractivity contribution in [1.82, 2.24) is 10.6 Å². The third kappa shape index (κ3) is 3.06. The third-order valence-corrected chi connectivity index (χ3v) is 5.73. The van der Waals surface area contributed by atoms with Gasteiger partial charge in [-0.1, -0.05) is 25.7 Å². The number of fused-ring (bicyclic) bond motifs is 2. The van der Waals surface area contributed by atoms with E-state index in [1.54, 1.807) is 0 Å². The van der Waals surface area contributed by atoms with Gasteiger partial charge < -0.3 is 10.6 Å². The highest BCUT2D eigenvalue weighted by molar-refractivity contribution is 5.74. The number of amides is 2. The van der Waals surface area contributed by atoms with Crippen molar-refractivity contribution in [2.24, 2.45) is 17.8 Å². The van der Waals surface area contributed by atoms with Crippen LogP contribution in [0.2, 0.25) is 0 Å². The van der Waals surface area contributed by atoms with Gasteiger partial charge in [-0.3, -0.25) is 0 Å². The summed E-state index contributed by atoms with van der Waals surface area (Å²) in [7, 11) is 0. The lowest BCUT2D eigenvalue weighted by Crippen LogP contribution is -2.48. The number of hydrogen-bond acceptors (Lipinski definition) is 1. The fraction of sp³-hybridized carbons (Fsp3) is 0.938. The molecule has 3 heteroatoms. The highest BCUT2D eigenvalue weighted by Crippen LogP contribution is 2.49. The lowest BCUT2D eigenvalue weighted by atomic mass is 9.84. The molecular weight excluding hydrogens is 236 g/mol. The van der Waals surface area contributed by atoms with Crippen LogP contribution < -0.4 is 10.6 Å². The number of rotatable bonds is 3. The Morgan fingerprint density at radius 3 is 2.47 bits per heavy atom. The Morgan fingerprint density at radius 2 is 1.84 bits per heavy atom. The van der Waals surface area contributed by atoms with E-state index in [1.807, 2.05) is 0 Å². The van der Waals surface area contributed by atoms with E-state index < -0.39 is 0 Å². The Morgan fingerprint density at radius 1 is 1.05 bits per heavy atom. The topological polar surface area (TPSA) is 41.1 Å². The maximum Gasteiger partial charge on any atom is 0.315 e. The molecule has 0 aromatic heterocycles. The van der Waals surface area contributed by atoms with Crippen LogP contribution in [0.15, 0.2) is 0 Å². The van der Waals surface area contributed by atoms with Gasteiger partial charge in [-0.2, -0.15) is 0 Å². The lowest BCUT2D eigenvalue weighted by Gasteiger charge is -2.30. The second-order valence-electron chi connectivity index (χ2n) is 7.08. The van der Waals surface area contributed by atoms with Crippen molar-refractivity contribution < 1.29 is 4.79 Å². The largest absolute Gasteiger partial charge is 0.335 e. The Kier molecular flexibility index (Phi) is 3.99. The molecule has 0 saturated heterocycles. The first-order chi connectivity index (χ1) is 9.22. The van der Waals surface area contributed by atoms with Crippen LogP contribution in [0.5, 0.6) is 0 Å². The summed E-state index contributed by atoms with van der Waals surface area (Å²) in [6.07, 6.45) is 11.8. The summed E-state index contributed by atoms with van der Waals surface area (Å²) in [5.74, 6) is 2.58. The minimum Gasteiger partial charge on any atom is -0.335 e. The molecule has 4 atom stereocenters. The summed E-state index contributed by atoms with van der Waals surface area (Å²) < 4.78 is 0. The van der Waals surface area contributed by atoms with Crippen molar-refractivity contribution in [1.29, 1.82) is 0 Å². The molecular formula is C16H28N2O. The standard InChI is InChI=1S/C16H28N2O/c1-11(15-10-12-7-8-13(15)9-12)17-16(19)18-14-5-3-2-4-6-14/h11-15H,2-10H2,1H3,(H2,17,18,19)/t11-,12+,13+,15+/m1/s1. The minimum atomic E-state index is 0.0715. The van der Waals surface area contributed by atoms with E-state index in [-0.39, 0.29) is 6.03 Å². The fourth-order valence-electron chi connectivity index (χ4n) is 4.69. The molecule has 0 unspecified atom stereocenters. The molecule has 3 nitrogen and oxygen atoms in total. The molecule has 3 aliphatic rings. The molecule has 3 rings (SSSR count). The highest BCUT2D eigenvalue weighted by atomic mass is 16.2. The average molecular weight is 264 g/mol. The summed E-state index contributed by atoms with van der Waals surface area (Å²) in [4.78, 5) is 12.1. The van der Waals surface area contributed by atoms with Gasteiger partial charge >= 0.3 is 6.03 Å². The normalized spacial score (nSPS) is 36.2. The minimum absolute atomic E-state index is 0.0715. The molecule has 108 valence electrons. The zero-order valence-electron chi connectivity index (χ0n) is 12.2. The maximum atomic E-state index is 12.1. The van der Waals surface area contributed by atoms with Crippen molar-refractivity contribution in [2.75, 3.05) is 0 Å². The van der Waals surface area contributed by atoms with Gasteiger partial charge in [0.05, 0.1) is 0 Å². The first-order valence-electron chi connectivity index (χ1n) is 8.29. The number of nitrogens with one attached hydrogen (secondary N) is 2. The monoisotopic (exact) mass is 264 g/mol. The van der Waals surface area contributed by atoms with Gasteiger partial charge in [0.15, 0.2) is 0 Å². The summed E-state index contributed by atoms with van der Waals surface area (Å²) >= 11 is 0. The molecule has 2 bridgehead atoms. The first-order valence-corrected chi connectivity index (χ1v) is 8.29. The van der Waals surface area contributed by atoms with Crippen LogP contribution in [0, 0.1) is 17.8 Å². The van der Waals surface area contributed by atoms with Gasteiger partial charge in [0, 0.05) is 12.1 Å². The molecule has 0 spiro atoms. The Bertz CT molecular complexity index is 325. The molecule has 0 radical (unpaired) electrons. The van der Waals surface area contributed by atoms with Crippen LogP contribution in [-0.4, -0.2) is 18.1 Å². The van der Waals surface area contributed by atoms with Crippen molar-refractivity contribution in [3.05, 3.63) is 0 Å². The summed E-state index contributed by atoms with van der Waals surface area (Å²) in [5, 5.41) is 6.37. The van der Waals surface area contributed by atoms with Crippen LogP contribution in [0.1, 0.15) is 64.7 Å². The number of urea groups is 1. The molecule has 2 amide bonds. The average Bonchev–Trinajstić information content (AvgIpc) is 3.02. The van der Waals surface area contributed by atoms with Gasteiger partial charge in [0.2, 0.25) is 0 Å². The van der Waals surface area contributed by atoms with Crippen LogP contribution in [0.4, 0.5) is 4.79 Å². The van der Waals surface area contributed by atoms with Gasteiger partial charge in [0.25, 0.3) is 0 Å². The summed E-state index contributed by atoms with van der Waals surface area (Å²) in [6, 6.07) is 0.835. The van der Waals surface area contributed by atoms with Crippen LogP contribution in [0.25, 0.3) is 0 Å². The Hall–Kier alpha value is -0.730. The third-order valence-electron chi connectivity index (χ3n) is 5.73. The summed E-state index contributed by atoms with van der Waals surface area (Å²) in [6.45, 7) is 2.20. The summed E-state index contributed by atoms with van der Waals surface area (Å²) in [5.41, 5.74) is 0. The van der Waals surface area contributed by atoms with Crippen LogP contribution >= 0.6 is 0 Å². The second kappa shape index (κ2) is 5.72. The van der Waals surface area contributed by atoms with Crippen LogP contribution in [0.3, 0.4) is 0 Å². The van der Waals surface area contributed by atoms with Crippen molar-refractivity contribution >= 4 is 6.03 Å². The van der Waals surface area contributed by atoms with Gasteiger partial charge in [0.1, 0.15) is 0 Å². The highest BCUT2D eigenvalue weighted by Gasteiger charge is 2.42. The van der Waals surface area contributed by atoms with E-state index in [9.17, 15) is 4.79 Å². The molecule has 2 N–H and O–H groups in total. The predicted octanol–water partition coefficient (Wildman–Crippen LogP) is 3.44. The van der Waals surface area contributed by atoms with E-state index in [4.69, 9.17) is 0 Å². The second-order valence-corrected chi connectivity index (χ2v) is 7.08. The van der Waals surface area contributed by atoms with Crippen molar-refractivity contribution in [2.45, 2.75) is 76.8 Å². The number of hydrogen-bond donors (Lipinski definition) is 2. The number of carbonyl (C=O) groups excluding carboxylic acids is 1. The molecule has 19 heavy (non-hydrogen) atoms. The van der Waals surface area contributed by atoms with Crippen LogP contribution in [-0.2, 0) is 0 Å². The molecule has 0 aromatic rings. The maximum absolute atomic E-state index is 12.1. The molecule has 3 aliphatic carbocycles. The molecule has 3 saturated carbocycles. The van der Waals surface area contributed by atoms with E-state index in [0.717, 1.165) is 30.6 Å². The molecule has 0 aliphatic heterocycles. The van der Waals surface area contributed by atoms with E-state index in [0.29, 0.717) is 12.1 Å². The SMILES string of the molecule is C[C@@H](NC(=O)NC1CCCCC1)[C@@H]1C[C@H]2CC[C@H]1C2. The predicted molar refractivity (Wildman–Crippen MR) is 76.9 cm³/mol. The van der Waals surface area contributed by atoms with E-state index in [2.05, 4.69) is 17.6 Å². The molecule has 0 aromatic carbocycles. The van der Waals surface area contributed by atoms with E-state index in [1.165, 1.54) is 44.9 Å². The van der Waals surface area contributed by atoms with Gasteiger partial charge in [-0.15, -0.1) is 0 Å². The smallest absolute Gasteiger partial charge is 0.315 e. The zero-order chi connectivity index (χ0) is 13.2. The molecule has 3 fully saturated rings. The van der Waals surface area contributed by atoms with Gasteiger partial charge in [-0.05, 0) is 56.8 Å². The van der Waals surface area contributed by atoms with E-state index >= 15 is 0 Å². The molecule has 0 heterocycles. The lowest BCUT2D eigenvalue weighted by molar-refractivity contribution is 0.213. The van der Waals surface area contributed by atoms with Gasteiger partial charge in [-0.25, -0.2) is 4.79 Å². The first kappa shape index (κ1) is 13.3. The Labute approximate surface area is 116 Å². The van der Waals surface area contributed by atoms with Crippen molar-refractivity contribution in [3.63, 3.8) is 0 Å². The zero-order valence-corrected chi connectivity index (χ0v) is 12.2. The Balaban J connectivity index is 1.43. The quantitative estimate of drug-likeness (QED) is 0.805. The van der Waals surface area contributed by atoms with Crippen molar-refractivity contribution in [3.8, 4) is 0 Å². The number of carbonyl (C=O) groups is 1.